The van der Waals surface area contributed by atoms with Crippen molar-refractivity contribution in [3.63, 3.8) is 0 Å². The molecule has 116 valence electrons. The van der Waals surface area contributed by atoms with Crippen molar-refractivity contribution in [1.82, 2.24) is 5.09 Å². The van der Waals surface area contributed by atoms with E-state index in [2.05, 4.69) is 77.7 Å². The first-order valence-electron chi connectivity index (χ1n) is 7.86. The molecule has 0 heterocycles. The van der Waals surface area contributed by atoms with Crippen LogP contribution in [0.3, 0.4) is 0 Å². The third kappa shape index (κ3) is 4.18. The monoisotopic (exact) mass is 312 g/mol. The third-order valence-electron chi connectivity index (χ3n) is 3.85. The van der Waals surface area contributed by atoms with E-state index in [0.29, 0.717) is 0 Å². The molecule has 0 aliphatic rings. The number of hydrogen-bond acceptors (Lipinski definition) is 1. The molecular weight excluding hydrogens is 287 g/mol. The molecule has 3 heteroatoms. The Kier molecular flexibility index (Phi) is 6.15. The molecule has 0 aliphatic heterocycles. The smallest absolute Gasteiger partial charge is 0.136 e. The second-order valence-electron chi connectivity index (χ2n) is 5.65. The van der Waals surface area contributed by atoms with Gasteiger partial charge in [0.2, 0.25) is 0 Å². The summed E-state index contributed by atoms with van der Waals surface area (Å²) in [6.07, 6.45) is 3.62. The maximum absolute atomic E-state index is 4.82. The Balaban J connectivity index is 2.29. The van der Waals surface area contributed by atoms with Gasteiger partial charge in [0.1, 0.15) is 5.84 Å². The molecule has 0 fully saturated rings. The van der Waals surface area contributed by atoms with Crippen molar-refractivity contribution in [2.45, 2.75) is 40.0 Å². The van der Waals surface area contributed by atoms with E-state index >= 15 is 0 Å². The minimum atomic E-state index is 0.879. The van der Waals surface area contributed by atoms with Crippen LogP contribution in [0.25, 0.3) is 0 Å². The summed E-state index contributed by atoms with van der Waals surface area (Å²) in [6, 6.07) is 15.0. The number of amidine groups is 1. The fraction of sp³-hybridized carbons (Fsp3) is 0.316. The van der Waals surface area contributed by atoms with Crippen LogP contribution in [0.4, 0.5) is 5.69 Å². The van der Waals surface area contributed by atoms with Crippen LogP contribution < -0.4 is 5.09 Å². The van der Waals surface area contributed by atoms with Crippen molar-refractivity contribution >= 4 is 20.9 Å². The number of para-hydroxylation sites is 1. The Morgan fingerprint density at radius 1 is 1.05 bits per heavy atom. The van der Waals surface area contributed by atoms with E-state index in [0.717, 1.165) is 23.5 Å². The summed E-state index contributed by atoms with van der Waals surface area (Å²) >= 11 is 0. The average Bonchev–Trinajstić information content (AvgIpc) is 2.53. The predicted molar refractivity (Wildman–Crippen MR) is 100 cm³/mol. The van der Waals surface area contributed by atoms with Gasteiger partial charge < -0.3 is 5.09 Å². The van der Waals surface area contributed by atoms with Crippen LogP contribution >= 0.6 is 9.39 Å². The number of unbranched alkanes of at least 4 members (excludes halogenated alkanes) is 1. The van der Waals surface area contributed by atoms with Crippen molar-refractivity contribution < 1.29 is 0 Å². The largest absolute Gasteiger partial charge is 0.354 e. The van der Waals surface area contributed by atoms with Crippen LogP contribution in [-0.2, 0) is 6.42 Å². The lowest BCUT2D eigenvalue weighted by molar-refractivity contribution is 0.795. The van der Waals surface area contributed by atoms with Gasteiger partial charge in [-0.05, 0) is 52.8 Å². The van der Waals surface area contributed by atoms with Crippen LogP contribution in [0.5, 0.6) is 0 Å². The van der Waals surface area contributed by atoms with Gasteiger partial charge in [0, 0.05) is 5.56 Å². The Morgan fingerprint density at radius 2 is 1.68 bits per heavy atom. The zero-order chi connectivity index (χ0) is 15.9. The topological polar surface area (TPSA) is 24.4 Å². The highest BCUT2D eigenvalue weighted by molar-refractivity contribution is 7.15. The van der Waals surface area contributed by atoms with Gasteiger partial charge in [0.25, 0.3) is 0 Å². The van der Waals surface area contributed by atoms with Crippen molar-refractivity contribution in [3.8, 4) is 0 Å². The first kappa shape index (κ1) is 16.7. The molecule has 2 rings (SSSR count). The fourth-order valence-corrected chi connectivity index (χ4v) is 2.72. The number of rotatable bonds is 5. The molecule has 0 radical (unpaired) electrons. The van der Waals surface area contributed by atoms with E-state index in [-0.39, 0.29) is 0 Å². The van der Waals surface area contributed by atoms with Crippen molar-refractivity contribution in [3.05, 3.63) is 64.7 Å². The van der Waals surface area contributed by atoms with E-state index in [1.807, 2.05) is 0 Å². The van der Waals surface area contributed by atoms with Crippen LogP contribution in [0.1, 0.15) is 42.0 Å². The molecule has 0 aliphatic carbocycles. The average molecular weight is 312 g/mol. The molecule has 0 amide bonds. The Bertz CT molecular complexity index is 625. The number of aryl methyl sites for hydroxylation is 3. The van der Waals surface area contributed by atoms with Gasteiger partial charge in [-0.15, -0.1) is 0 Å². The van der Waals surface area contributed by atoms with Gasteiger partial charge in [-0.1, -0.05) is 55.8 Å². The Morgan fingerprint density at radius 3 is 2.23 bits per heavy atom. The normalized spacial score (nSPS) is 11.5. The summed E-state index contributed by atoms with van der Waals surface area (Å²) in [7, 11) is 2.56. The zero-order valence-corrected chi connectivity index (χ0v) is 14.8. The summed E-state index contributed by atoms with van der Waals surface area (Å²) < 4.78 is 0. The third-order valence-corrected chi connectivity index (χ3v) is 4.12. The van der Waals surface area contributed by atoms with E-state index in [9.17, 15) is 0 Å². The summed E-state index contributed by atoms with van der Waals surface area (Å²) in [5.74, 6) is 0.879. The van der Waals surface area contributed by atoms with Crippen LogP contribution in [-0.4, -0.2) is 5.84 Å². The molecule has 2 nitrogen and oxygen atoms in total. The fourth-order valence-electron chi connectivity index (χ4n) is 2.48. The maximum Gasteiger partial charge on any atom is 0.136 e. The van der Waals surface area contributed by atoms with E-state index in [1.165, 1.54) is 29.5 Å². The minimum Gasteiger partial charge on any atom is -0.354 e. The molecule has 22 heavy (non-hydrogen) atoms. The number of benzene rings is 2. The van der Waals surface area contributed by atoms with E-state index in [4.69, 9.17) is 4.99 Å². The molecule has 0 aromatic heterocycles. The standard InChI is InChI=1S/C19H25N2P/c1-4-5-9-16-10-12-17(13-11-16)19(21-22)20-18-14(2)7-6-8-15(18)3/h6-8,10-13H,4-5,9,22H2,1-3H3,(H,20,21). The van der Waals surface area contributed by atoms with Crippen molar-refractivity contribution in [2.24, 2.45) is 4.99 Å². The molecule has 0 bridgehead atoms. The summed E-state index contributed by atoms with van der Waals surface area (Å²) in [4.78, 5) is 4.82. The van der Waals surface area contributed by atoms with E-state index < -0.39 is 0 Å². The van der Waals surface area contributed by atoms with Gasteiger partial charge in [-0.3, -0.25) is 0 Å². The Labute approximate surface area is 136 Å². The number of hydrogen-bond donors (Lipinski definition) is 1. The molecule has 0 spiro atoms. The van der Waals surface area contributed by atoms with Gasteiger partial charge in [-0.2, -0.15) is 0 Å². The molecule has 2 aromatic carbocycles. The maximum atomic E-state index is 4.82. The highest BCUT2D eigenvalue weighted by Crippen LogP contribution is 2.24. The van der Waals surface area contributed by atoms with Gasteiger partial charge in [0.15, 0.2) is 0 Å². The van der Waals surface area contributed by atoms with Gasteiger partial charge >= 0.3 is 0 Å². The first-order chi connectivity index (χ1) is 10.7. The molecule has 0 saturated carbocycles. The van der Waals surface area contributed by atoms with Gasteiger partial charge in [-0.25, -0.2) is 4.99 Å². The summed E-state index contributed by atoms with van der Waals surface area (Å²) in [5, 5.41) is 3.15. The lowest BCUT2D eigenvalue weighted by atomic mass is 10.1. The highest BCUT2D eigenvalue weighted by Gasteiger charge is 2.05. The van der Waals surface area contributed by atoms with E-state index in [1.54, 1.807) is 0 Å². The van der Waals surface area contributed by atoms with Crippen LogP contribution in [0.2, 0.25) is 0 Å². The first-order valence-corrected chi connectivity index (χ1v) is 8.44. The summed E-state index contributed by atoms with van der Waals surface area (Å²) in [6.45, 7) is 6.42. The number of nitrogens with zero attached hydrogens (tertiary/aromatic N) is 1. The molecule has 0 saturated heterocycles. The molecule has 1 atom stereocenters. The van der Waals surface area contributed by atoms with Gasteiger partial charge in [0.05, 0.1) is 5.69 Å². The lowest BCUT2D eigenvalue weighted by Gasteiger charge is -2.10. The van der Waals surface area contributed by atoms with Crippen LogP contribution in [0.15, 0.2) is 47.5 Å². The lowest BCUT2D eigenvalue weighted by Crippen LogP contribution is -2.13. The second kappa shape index (κ2) is 8.10. The quantitative estimate of drug-likeness (QED) is 0.463. The molecule has 1 N–H and O–H groups in total. The highest BCUT2D eigenvalue weighted by atomic mass is 31.0. The summed E-state index contributed by atoms with van der Waals surface area (Å²) in [5.41, 5.74) is 5.93. The molecular formula is C19H25N2P. The Hall–Kier alpha value is -1.66. The second-order valence-corrected chi connectivity index (χ2v) is 5.93. The van der Waals surface area contributed by atoms with Crippen LogP contribution in [0, 0.1) is 13.8 Å². The SMILES string of the molecule is CCCCc1ccc(C(=Nc2c(C)cccc2C)NP)cc1. The number of aliphatic imine (C=N–C) groups is 1. The minimum absolute atomic E-state index is 0.879. The molecule has 2 aromatic rings. The number of nitrogens with one attached hydrogen (secondary N) is 1. The predicted octanol–water partition coefficient (Wildman–Crippen LogP) is 5.10. The zero-order valence-electron chi connectivity index (χ0n) is 13.7. The van der Waals surface area contributed by atoms with Crippen molar-refractivity contribution in [1.29, 1.82) is 0 Å². The molecule has 1 unspecified atom stereocenters. The van der Waals surface area contributed by atoms with Crippen molar-refractivity contribution in [2.75, 3.05) is 0 Å².